The molecule has 0 spiro atoms. The first-order valence-electron chi connectivity index (χ1n) is 6.69. The van der Waals surface area contributed by atoms with Crippen LogP contribution in [0.4, 0.5) is 0 Å². The maximum Gasteiger partial charge on any atom is 0.0471 e. The number of nitrogens with two attached hydrogens (primary N) is 1. The molecule has 1 saturated heterocycles. The Morgan fingerprint density at radius 2 is 1.69 bits per heavy atom. The van der Waals surface area contributed by atoms with Crippen molar-refractivity contribution in [3.8, 4) is 0 Å². The highest BCUT2D eigenvalue weighted by Gasteiger charge is 2.31. The summed E-state index contributed by atoms with van der Waals surface area (Å²) in [5.74, 6) is 0. The van der Waals surface area contributed by atoms with Gasteiger partial charge in [-0.2, -0.15) is 0 Å². The van der Waals surface area contributed by atoms with Gasteiger partial charge in [0.05, 0.1) is 0 Å². The summed E-state index contributed by atoms with van der Waals surface area (Å²) in [6, 6.07) is 0. The van der Waals surface area contributed by atoms with E-state index >= 15 is 0 Å². The van der Waals surface area contributed by atoms with Gasteiger partial charge in [0.2, 0.25) is 0 Å². The van der Waals surface area contributed by atoms with Crippen LogP contribution >= 0.6 is 0 Å². The second-order valence-electron chi connectivity index (χ2n) is 6.10. The van der Waals surface area contributed by atoms with Gasteiger partial charge in [0.1, 0.15) is 0 Å². The van der Waals surface area contributed by atoms with Gasteiger partial charge in [0.15, 0.2) is 0 Å². The fraction of sp³-hybridized carbons (Fsp3) is 1.00. The lowest BCUT2D eigenvalue weighted by molar-refractivity contribution is 0.0236. The molecule has 3 nitrogen and oxygen atoms in total. The quantitative estimate of drug-likeness (QED) is 0.766. The van der Waals surface area contributed by atoms with Crippen molar-refractivity contribution in [1.29, 1.82) is 0 Å². The molecular weight excluding hydrogens is 200 g/mol. The molecule has 0 unspecified atom stereocenters. The van der Waals surface area contributed by atoms with Crippen molar-refractivity contribution in [3.63, 3.8) is 0 Å². The molecule has 16 heavy (non-hydrogen) atoms. The number of hydrogen-bond acceptors (Lipinski definition) is 3. The van der Waals surface area contributed by atoms with E-state index in [0.29, 0.717) is 5.41 Å². The lowest BCUT2D eigenvalue weighted by atomic mass is 9.82. The first-order valence-corrected chi connectivity index (χ1v) is 6.69. The van der Waals surface area contributed by atoms with E-state index in [2.05, 4.69) is 12.2 Å². The monoisotopic (exact) mass is 226 g/mol. The molecule has 0 aromatic carbocycles. The van der Waals surface area contributed by atoms with Gasteiger partial charge in [-0.05, 0) is 31.1 Å². The minimum absolute atomic E-state index is 0.0848. The Balaban J connectivity index is 1.70. The molecule has 3 heteroatoms. The molecule has 0 aromatic rings. The van der Waals surface area contributed by atoms with Gasteiger partial charge in [0.25, 0.3) is 0 Å². The van der Waals surface area contributed by atoms with Gasteiger partial charge in [-0.3, -0.25) is 0 Å². The Morgan fingerprint density at radius 1 is 1.06 bits per heavy atom. The fourth-order valence-electron chi connectivity index (χ4n) is 2.91. The van der Waals surface area contributed by atoms with Gasteiger partial charge in [-0.1, -0.05) is 19.8 Å². The highest BCUT2D eigenvalue weighted by atomic mass is 16.5. The first kappa shape index (κ1) is 12.3. The van der Waals surface area contributed by atoms with Crippen LogP contribution in [0.1, 0.15) is 45.4 Å². The van der Waals surface area contributed by atoms with Gasteiger partial charge >= 0.3 is 0 Å². The zero-order valence-corrected chi connectivity index (χ0v) is 10.6. The van der Waals surface area contributed by atoms with Crippen molar-refractivity contribution >= 4 is 0 Å². The maximum atomic E-state index is 6.33. The lowest BCUT2D eigenvalue weighted by Gasteiger charge is -2.35. The summed E-state index contributed by atoms with van der Waals surface area (Å²) in [4.78, 5) is 0. The molecule has 1 saturated carbocycles. The van der Waals surface area contributed by atoms with E-state index in [4.69, 9.17) is 10.5 Å². The Labute approximate surface area is 99.1 Å². The Morgan fingerprint density at radius 3 is 2.31 bits per heavy atom. The van der Waals surface area contributed by atoms with Crippen molar-refractivity contribution in [1.82, 2.24) is 5.32 Å². The molecule has 1 aliphatic heterocycles. The van der Waals surface area contributed by atoms with Gasteiger partial charge < -0.3 is 15.8 Å². The summed E-state index contributed by atoms with van der Waals surface area (Å²) in [6.45, 7) is 6.29. The minimum atomic E-state index is 0.0848. The van der Waals surface area contributed by atoms with Crippen LogP contribution in [-0.2, 0) is 4.74 Å². The first-order chi connectivity index (χ1) is 7.62. The summed E-state index contributed by atoms with van der Waals surface area (Å²) in [5.41, 5.74) is 6.84. The third-order valence-electron chi connectivity index (χ3n) is 4.33. The van der Waals surface area contributed by atoms with E-state index < -0.39 is 0 Å². The maximum absolute atomic E-state index is 6.33. The smallest absolute Gasteiger partial charge is 0.0471 e. The predicted molar refractivity (Wildman–Crippen MR) is 66.4 cm³/mol. The molecule has 2 rings (SSSR count). The van der Waals surface area contributed by atoms with Crippen LogP contribution in [0.5, 0.6) is 0 Å². The molecule has 3 N–H and O–H groups in total. The second-order valence-corrected chi connectivity index (χ2v) is 6.10. The highest BCUT2D eigenvalue weighted by Crippen LogP contribution is 2.30. The van der Waals surface area contributed by atoms with Crippen LogP contribution in [-0.4, -0.2) is 31.8 Å². The van der Waals surface area contributed by atoms with Gasteiger partial charge in [-0.25, -0.2) is 0 Å². The summed E-state index contributed by atoms with van der Waals surface area (Å²) >= 11 is 0. The van der Waals surface area contributed by atoms with Crippen molar-refractivity contribution in [2.24, 2.45) is 11.1 Å². The molecule has 1 heterocycles. The van der Waals surface area contributed by atoms with Crippen LogP contribution < -0.4 is 11.1 Å². The predicted octanol–water partition coefficient (Wildman–Crippen LogP) is 1.66. The van der Waals surface area contributed by atoms with E-state index in [1.807, 2.05) is 0 Å². The summed E-state index contributed by atoms with van der Waals surface area (Å²) in [6.07, 6.45) is 7.36. The number of hydrogen-bond donors (Lipinski definition) is 2. The lowest BCUT2D eigenvalue weighted by Crippen LogP contribution is -2.49. The molecule has 0 radical (unpaired) electrons. The molecule has 0 atom stereocenters. The van der Waals surface area contributed by atoms with Crippen LogP contribution in [0, 0.1) is 5.41 Å². The average molecular weight is 226 g/mol. The molecule has 2 fully saturated rings. The zero-order valence-electron chi connectivity index (χ0n) is 10.6. The van der Waals surface area contributed by atoms with Crippen molar-refractivity contribution in [2.75, 3.05) is 26.3 Å². The topological polar surface area (TPSA) is 47.3 Å². The highest BCUT2D eigenvalue weighted by molar-refractivity contribution is 4.92. The molecular formula is C13H26N2O. The third kappa shape index (κ3) is 3.19. The standard InChI is InChI=1S/C13H26N2O/c1-12(6-8-16-9-7-12)10-15-11-13(14)4-2-3-5-13/h15H,2-11,14H2,1H3. The van der Waals surface area contributed by atoms with Gasteiger partial charge in [0, 0.05) is 31.8 Å². The van der Waals surface area contributed by atoms with E-state index in [1.54, 1.807) is 0 Å². The SMILES string of the molecule is CC1(CNCC2(N)CCCC2)CCOCC1. The molecule has 0 amide bonds. The fourth-order valence-corrected chi connectivity index (χ4v) is 2.91. The molecule has 2 aliphatic rings. The number of rotatable bonds is 4. The Hall–Kier alpha value is -0.120. The number of nitrogens with one attached hydrogen (secondary N) is 1. The van der Waals surface area contributed by atoms with Crippen LogP contribution in [0.3, 0.4) is 0 Å². The molecule has 1 aliphatic carbocycles. The normalized spacial score (nSPS) is 28.1. The number of ether oxygens (including phenoxy) is 1. The Kier molecular flexibility index (Phi) is 3.88. The molecule has 0 aromatic heterocycles. The summed E-state index contributed by atoms with van der Waals surface area (Å²) < 4.78 is 5.41. The largest absolute Gasteiger partial charge is 0.381 e. The minimum Gasteiger partial charge on any atom is -0.381 e. The van der Waals surface area contributed by atoms with E-state index in [9.17, 15) is 0 Å². The third-order valence-corrected chi connectivity index (χ3v) is 4.33. The van der Waals surface area contributed by atoms with Crippen LogP contribution in [0.2, 0.25) is 0 Å². The van der Waals surface area contributed by atoms with E-state index in [-0.39, 0.29) is 5.54 Å². The molecule has 94 valence electrons. The summed E-state index contributed by atoms with van der Waals surface area (Å²) in [5, 5.41) is 3.60. The van der Waals surface area contributed by atoms with E-state index in [1.165, 1.54) is 38.5 Å². The second kappa shape index (κ2) is 5.03. The van der Waals surface area contributed by atoms with Gasteiger partial charge in [-0.15, -0.1) is 0 Å². The van der Waals surface area contributed by atoms with Crippen molar-refractivity contribution in [2.45, 2.75) is 51.0 Å². The van der Waals surface area contributed by atoms with E-state index in [0.717, 1.165) is 26.3 Å². The average Bonchev–Trinajstić information content (AvgIpc) is 2.66. The Bertz CT molecular complexity index is 218. The zero-order chi connectivity index (χ0) is 11.5. The summed E-state index contributed by atoms with van der Waals surface area (Å²) in [7, 11) is 0. The molecule has 0 bridgehead atoms. The van der Waals surface area contributed by atoms with Crippen LogP contribution in [0.15, 0.2) is 0 Å². The van der Waals surface area contributed by atoms with Crippen molar-refractivity contribution in [3.05, 3.63) is 0 Å². The van der Waals surface area contributed by atoms with Crippen LogP contribution in [0.25, 0.3) is 0 Å². The van der Waals surface area contributed by atoms with Crippen molar-refractivity contribution < 1.29 is 4.74 Å².